The topological polar surface area (TPSA) is 106 Å². The maximum atomic E-state index is 12.5. The number of amides is 1. The van der Waals surface area contributed by atoms with E-state index < -0.39 is 12.1 Å². The minimum atomic E-state index is -0.729. The molecule has 1 amide bonds. The molecule has 168 valence electrons. The van der Waals surface area contributed by atoms with Gasteiger partial charge in [-0.3, -0.25) is 9.59 Å². The Morgan fingerprint density at radius 3 is 2.61 bits per heavy atom. The van der Waals surface area contributed by atoms with Crippen molar-refractivity contribution in [3.05, 3.63) is 39.7 Å². The molecule has 3 rings (SSSR count). The number of aryl methyl sites for hydroxylation is 2. The average molecular weight is 430 g/mol. The smallest absolute Gasteiger partial charge is 0.336 e. The fourth-order valence-corrected chi connectivity index (χ4v) is 4.26. The zero-order valence-electron chi connectivity index (χ0n) is 18.4. The van der Waals surface area contributed by atoms with Crippen molar-refractivity contribution in [1.82, 2.24) is 5.32 Å². The van der Waals surface area contributed by atoms with Gasteiger partial charge in [0, 0.05) is 23.6 Å². The molecule has 1 aromatic heterocycles. The quantitative estimate of drug-likeness (QED) is 0.618. The highest BCUT2D eigenvalue weighted by atomic mass is 16.5. The van der Waals surface area contributed by atoms with Gasteiger partial charge in [0.2, 0.25) is 0 Å². The van der Waals surface area contributed by atoms with Crippen LogP contribution in [0.4, 0.5) is 0 Å². The van der Waals surface area contributed by atoms with Crippen molar-refractivity contribution in [3.8, 4) is 5.75 Å². The summed E-state index contributed by atoms with van der Waals surface area (Å²) >= 11 is 0. The number of benzene rings is 1. The van der Waals surface area contributed by atoms with Crippen LogP contribution in [0.1, 0.15) is 57.1 Å². The van der Waals surface area contributed by atoms with E-state index in [1.807, 2.05) is 19.1 Å². The van der Waals surface area contributed by atoms with E-state index in [1.165, 1.54) is 6.07 Å². The molecule has 1 atom stereocenters. The van der Waals surface area contributed by atoms with E-state index in [0.717, 1.165) is 36.6 Å². The van der Waals surface area contributed by atoms with Crippen molar-refractivity contribution in [2.45, 2.75) is 65.4 Å². The predicted octanol–water partition coefficient (Wildman–Crippen LogP) is 3.83. The molecule has 0 saturated heterocycles. The second-order valence-electron chi connectivity index (χ2n) is 8.47. The molecule has 0 spiro atoms. The first-order valence-electron chi connectivity index (χ1n) is 11.0. The molecule has 0 radical (unpaired) electrons. The number of carbonyl (C=O) groups is 2. The van der Waals surface area contributed by atoms with E-state index in [2.05, 4.69) is 12.2 Å². The summed E-state index contributed by atoms with van der Waals surface area (Å²) in [6.45, 7) is 6.08. The van der Waals surface area contributed by atoms with Crippen LogP contribution in [0.5, 0.6) is 5.75 Å². The van der Waals surface area contributed by atoms with Crippen LogP contribution >= 0.6 is 0 Å². The van der Waals surface area contributed by atoms with Crippen LogP contribution in [-0.2, 0) is 16.0 Å². The minimum Gasteiger partial charge on any atom is -0.481 e. The summed E-state index contributed by atoms with van der Waals surface area (Å²) < 4.78 is 11.3. The van der Waals surface area contributed by atoms with Gasteiger partial charge < -0.3 is 19.6 Å². The molecular formula is C24H31NO6. The highest BCUT2D eigenvalue weighted by Gasteiger charge is 2.26. The third-order valence-corrected chi connectivity index (χ3v) is 6.15. The molecule has 0 unspecified atom stereocenters. The van der Waals surface area contributed by atoms with Crippen molar-refractivity contribution in [3.63, 3.8) is 0 Å². The Morgan fingerprint density at radius 2 is 1.97 bits per heavy atom. The zero-order chi connectivity index (χ0) is 22.5. The summed E-state index contributed by atoms with van der Waals surface area (Å²) in [5.74, 6) is -0.411. The number of carbonyl (C=O) groups excluding carboxylic acids is 1. The number of carboxylic acids is 1. The molecule has 2 aromatic rings. The lowest BCUT2D eigenvalue weighted by Crippen LogP contribution is -2.39. The van der Waals surface area contributed by atoms with E-state index >= 15 is 0 Å². The molecule has 0 aliphatic heterocycles. The van der Waals surface area contributed by atoms with Crippen LogP contribution in [0.2, 0.25) is 0 Å². The number of rotatable bonds is 8. The Balaban J connectivity index is 1.62. The highest BCUT2D eigenvalue weighted by molar-refractivity contribution is 5.85. The Hall–Kier alpha value is -2.83. The lowest BCUT2D eigenvalue weighted by Gasteiger charge is -2.26. The summed E-state index contributed by atoms with van der Waals surface area (Å²) in [5.41, 5.74) is 1.75. The van der Waals surface area contributed by atoms with Crippen LogP contribution < -0.4 is 15.7 Å². The van der Waals surface area contributed by atoms with Gasteiger partial charge in [-0.2, -0.15) is 0 Å². The van der Waals surface area contributed by atoms with E-state index in [9.17, 15) is 14.4 Å². The lowest BCUT2D eigenvalue weighted by atomic mass is 9.82. The van der Waals surface area contributed by atoms with Crippen LogP contribution in [0.3, 0.4) is 0 Å². The van der Waals surface area contributed by atoms with Crippen LogP contribution in [-0.4, -0.2) is 29.6 Å². The number of hydrogen-bond donors (Lipinski definition) is 2. The molecule has 2 N–H and O–H groups in total. The van der Waals surface area contributed by atoms with Crippen molar-refractivity contribution in [1.29, 1.82) is 0 Å². The molecule has 1 fully saturated rings. The van der Waals surface area contributed by atoms with Gasteiger partial charge >= 0.3 is 11.6 Å². The molecule has 1 saturated carbocycles. The summed E-state index contributed by atoms with van der Waals surface area (Å²) in [6, 6.07) is 5.22. The Labute approximate surface area is 181 Å². The molecule has 1 aliphatic carbocycles. The monoisotopic (exact) mass is 429 g/mol. The van der Waals surface area contributed by atoms with Gasteiger partial charge in [-0.05, 0) is 69.6 Å². The third kappa shape index (κ3) is 5.46. The first-order chi connectivity index (χ1) is 14.8. The van der Waals surface area contributed by atoms with E-state index in [4.69, 9.17) is 14.3 Å². The summed E-state index contributed by atoms with van der Waals surface area (Å²) in [4.78, 5) is 35.5. The standard InChI is InChI=1S/C24H31NO6/c1-4-5-18-12-21(26)31-22-14(2)20(11-10-19(18)22)30-15(3)23(27)25-13-16-6-8-17(9-7-16)24(28)29/h10-12,15-17H,4-9,13H2,1-3H3,(H,25,27)(H,28,29)/t15-,16?,17?/m1/s1. The van der Waals surface area contributed by atoms with Gasteiger partial charge in [-0.1, -0.05) is 13.3 Å². The number of hydrogen-bond acceptors (Lipinski definition) is 5. The van der Waals surface area contributed by atoms with Crippen molar-refractivity contribution in [2.75, 3.05) is 6.54 Å². The third-order valence-electron chi connectivity index (χ3n) is 6.15. The Kier molecular flexibility index (Phi) is 7.36. The first-order valence-corrected chi connectivity index (χ1v) is 11.0. The summed E-state index contributed by atoms with van der Waals surface area (Å²) in [7, 11) is 0. The van der Waals surface area contributed by atoms with Crippen molar-refractivity contribution < 1.29 is 23.8 Å². The van der Waals surface area contributed by atoms with Gasteiger partial charge in [0.05, 0.1) is 5.92 Å². The van der Waals surface area contributed by atoms with Crippen LogP contribution in [0, 0.1) is 18.8 Å². The maximum Gasteiger partial charge on any atom is 0.336 e. The highest BCUT2D eigenvalue weighted by Crippen LogP contribution is 2.30. The van der Waals surface area contributed by atoms with Crippen molar-refractivity contribution in [2.24, 2.45) is 11.8 Å². The van der Waals surface area contributed by atoms with E-state index in [0.29, 0.717) is 42.2 Å². The van der Waals surface area contributed by atoms with E-state index in [1.54, 1.807) is 6.92 Å². The molecule has 1 aliphatic rings. The van der Waals surface area contributed by atoms with E-state index in [-0.39, 0.29) is 17.5 Å². The molecular weight excluding hydrogens is 398 g/mol. The Bertz CT molecular complexity index is 1000. The molecule has 7 nitrogen and oxygen atoms in total. The number of carboxylic acid groups (broad SMARTS) is 1. The number of nitrogens with one attached hydrogen (secondary N) is 1. The fourth-order valence-electron chi connectivity index (χ4n) is 4.26. The SMILES string of the molecule is CCCc1cc(=O)oc2c(C)c(O[C@H](C)C(=O)NCC3CCC(C(=O)O)CC3)ccc12. The summed E-state index contributed by atoms with van der Waals surface area (Å²) in [5, 5.41) is 12.9. The first kappa shape index (κ1) is 22.8. The predicted molar refractivity (Wildman–Crippen MR) is 117 cm³/mol. The van der Waals surface area contributed by atoms with Crippen LogP contribution in [0.25, 0.3) is 11.0 Å². The van der Waals surface area contributed by atoms with Gasteiger partial charge in [0.15, 0.2) is 6.10 Å². The maximum absolute atomic E-state index is 12.5. The minimum absolute atomic E-state index is 0.221. The second kappa shape index (κ2) is 9.98. The number of fused-ring (bicyclic) bond motifs is 1. The molecule has 1 aromatic carbocycles. The number of aliphatic carboxylic acids is 1. The van der Waals surface area contributed by atoms with Gasteiger partial charge in [-0.25, -0.2) is 4.79 Å². The second-order valence-corrected chi connectivity index (χ2v) is 8.47. The fraction of sp³-hybridized carbons (Fsp3) is 0.542. The zero-order valence-corrected chi connectivity index (χ0v) is 18.4. The summed E-state index contributed by atoms with van der Waals surface area (Å²) in [6.07, 6.45) is 3.91. The van der Waals surface area contributed by atoms with Gasteiger partial charge in [-0.15, -0.1) is 0 Å². The Morgan fingerprint density at radius 1 is 1.26 bits per heavy atom. The van der Waals surface area contributed by atoms with Gasteiger partial charge in [0.25, 0.3) is 5.91 Å². The number of ether oxygens (including phenoxy) is 1. The van der Waals surface area contributed by atoms with Crippen molar-refractivity contribution >= 4 is 22.8 Å². The van der Waals surface area contributed by atoms with Gasteiger partial charge in [0.1, 0.15) is 11.3 Å². The molecule has 7 heteroatoms. The van der Waals surface area contributed by atoms with Crippen LogP contribution in [0.15, 0.2) is 27.4 Å². The molecule has 0 bridgehead atoms. The molecule has 31 heavy (non-hydrogen) atoms. The molecule has 1 heterocycles. The largest absolute Gasteiger partial charge is 0.481 e. The average Bonchev–Trinajstić information content (AvgIpc) is 2.74. The lowest BCUT2D eigenvalue weighted by molar-refractivity contribution is -0.143. The normalized spacial score (nSPS) is 19.7.